The Kier molecular flexibility index (Phi) is 16.5. The fourth-order valence-corrected chi connectivity index (χ4v) is 3.83. The summed E-state index contributed by atoms with van der Waals surface area (Å²) < 4.78 is 38.8. The van der Waals surface area contributed by atoms with Crippen molar-refractivity contribution in [2.75, 3.05) is 27.2 Å². The summed E-state index contributed by atoms with van der Waals surface area (Å²) >= 11 is 0. The molecule has 0 atom stereocenters. The molecule has 0 amide bonds. The summed E-state index contributed by atoms with van der Waals surface area (Å²) in [6.45, 7) is 14.9. The van der Waals surface area contributed by atoms with Crippen molar-refractivity contribution in [3.63, 3.8) is 0 Å². The third-order valence-electron chi connectivity index (χ3n) is 5.67. The van der Waals surface area contributed by atoms with Crippen molar-refractivity contribution in [2.45, 2.75) is 61.3 Å². The number of hydrazine groups is 1. The van der Waals surface area contributed by atoms with E-state index in [1.807, 2.05) is 57.6 Å². The molecule has 0 bridgehead atoms. The molecule has 0 saturated carbocycles. The second kappa shape index (κ2) is 18.1. The van der Waals surface area contributed by atoms with Crippen molar-refractivity contribution in [2.24, 2.45) is 18.0 Å². The molecule has 0 fully saturated rings. The van der Waals surface area contributed by atoms with E-state index in [0.717, 1.165) is 40.7 Å². The van der Waals surface area contributed by atoms with Crippen LogP contribution in [0, 0.1) is 11.6 Å². The van der Waals surface area contributed by atoms with E-state index in [1.165, 1.54) is 0 Å². The molecule has 9 heteroatoms. The third kappa shape index (κ3) is 9.44. The minimum atomic E-state index is -1.01. The summed E-state index contributed by atoms with van der Waals surface area (Å²) in [6, 6.07) is 6.51. The zero-order valence-electron chi connectivity index (χ0n) is 24.2. The van der Waals surface area contributed by atoms with Crippen LogP contribution in [-0.2, 0) is 13.5 Å². The van der Waals surface area contributed by atoms with E-state index in [2.05, 4.69) is 34.6 Å². The lowest BCUT2D eigenvalue weighted by atomic mass is 10.1. The van der Waals surface area contributed by atoms with Crippen LogP contribution in [0.2, 0.25) is 0 Å². The van der Waals surface area contributed by atoms with E-state index in [0.29, 0.717) is 24.9 Å². The number of ether oxygens (including phenoxy) is 1. The number of hydrogen-bond acceptors (Lipinski definition) is 5. The Morgan fingerprint density at radius 1 is 1.15 bits per heavy atom. The molecule has 0 aliphatic heterocycles. The topological polar surface area (TPSA) is 71.2 Å². The predicted molar refractivity (Wildman–Crippen MR) is 160 cm³/mol. The van der Waals surface area contributed by atoms with Crippen LogP contribution in [0.5, 0.6) is 5.75 Å². The molecule has 0 spiro atoms. The maximum Gasteiger partial charge on any atom is 0.286 e. The molecule has 0 radical (unpaired) electrons. The molecule has 3 rings (SSSR count). The quantitative estimate of drug-likeness (QED) is 0.133. The van der Waals surface area contributed by atoms with Crippen molar-refractivity contribution < 1.29 is 18.1 Å². The number of pyridine rings is 1. The first kappa shape index (κ1) is 35.7. The Balaban J connectivity index is 0.00000276. The molecule has 3 aromatic rings. The van der Waals surface area contributed by atoms with Gasteiger partial charge in [-0.05, 0) is 23.8 Å². The second-order valence-corrected chi connectivity index (χ2v) is 8.18. The van der Waals surface area contributed by atoms with Gasteiger partial charge in [0.1, 0.15) is 18.1 Å². The van der Waals surface area contributed by atoms with Crippen molar-refractivity contribution in [3.05, 3.63) is 66.1 Å². The number of halogens is 2. The monoisotopic (exact) mass is 547 g/mol. The van der Waals surface area contributed by atoms with Gasteiger partial charge in [0, 0.05) is 57.1 Å². The number of hydrogen-bond donors (Lipinski definition) is 2. The van der Waals surface area contributed by atoms with Gasteiger partial charge in [-0.15, -0.1) is 0 Å². The van der Waals surface area contributed by atoms with Gasteiger partial charge in [-0.2, -0.15) is 13.9 Å². The van der Waals surface area contributed by atoms with Gasteiger partial charge < -0.3 is 10.2 Å². The van der Waals surface area contributed by atoms with E-state index in [4.69, 9.17) is 10.6 Å². The Morgan fingerprint density at radius 2 is 1.82 bits per heavy atom. The number of aromatic nitrogens is 2. The van der Waals surface area contributed by atoms with Gasteiger partial charge in [0.15, 0.2) is 11.6 Å². The molecule has 2 aromatic heterocycles. The second-order valence-electron chi connectivity index (χ2n) is 8.18. The molecule has 0 aliphatic carbocycles. The molecule has 0 aliphatic rings. The summed E-state index contributed by atoms with van der Waals surface area (Å²) in [5.41, 5.74) is 7.59. The maximum atomic E-state index is 14.8. The predicted octanol–water partition coefficient (Wildman–Crippen LogP) is 6.06. The fraction of sp³-hybridized carbons (Fsp3) is 0.467. The number of benzene rings is 1. The largest absolute Gasteiger partial charge is 0.489 e. The Labute approximate surface area is 233 Å². The lowest BCUT2D eigenvalue weighted by Crippen LogP contribution is -2.29. The highest BCUT2D eigenvalue weighted by molar-refractivity contribution is 5.99. The van der Waals surface area contributed by atoms with Crippen LogP contribution in [-0.4, -0.2) is 42.4 Å². The first-order valence-corrected chi connectivity index (χ1v) is 13.2. The van der Waals surface area contributed by atoms with Crippen LogP contribution >= 0.6 is 0 Å². The molecule has 39 heavy (non-hydrogen) atoms. The van der Waals surface area contributed by atoms with E-state index in [-0.39, 0.29) is 19.8 Å². The van der Waals surface area contributed by atoms with Gasteiger partial charge in [-0.3, -0.25) is 5.84 Å². The maximum absolute atomic E-state index is 14.8. The molecule has 7 nitrogen and oxygen atoms in total. The Bertz CT molecular complexity index is 1200. The molecule has 0 saturated heterocycles. The fourth-order valence-electron chi connectivity index (χ4n) is 3.83. The Morgan fingerprint density at radius 3 is 2.41 bits per heavy atom. The summed E-state index contributed by atoms with van der Waals surface area (Å²) in [4.78, 5) is 0. The van der Waals surface area contributed by atoms with E-state index in [9.17, 15) is 8.78 Å². The minimum Gasteiger partial charge on any atom is -0.489 e. The van der Waals surface area contributed by atoms with Crippen LogP contribution in [0.1, 0.15) is 60.6 Å². The van der Waals surface area contributed by atoms with Gasteiger partial charge in [-0.25, -0.2) is 14.0 Å². The molecule has 1 aromatic carbocycles. The minimum absolute atomic E-state index is 0. The Hall–Kier alpha value is -3.30. The number of aryl methyl sites for hydroxylation is 2. The average molecular weight is 548 g/mol. The van der Waals surface area contributed by atoms with Crippen molar-refractivity contribution in [3.8, 4) is 16.9 Å². The standard InChI is InChI=1S/C25H33F2N6O.2C2H6.CH4/c1-6-19-16-31(4)23-10-7-18(15-33(19)23)20-8-9-21(26)24(27)25(20)34-14-12-17(2)22(30-29-3)11-13-32(5)28;2*1-2;/h7-10,15-16,29H,2,6,11-14,28H2,1,3-5H3;2*1-2H3;1H4/q+1;;;/b30-22-;;;. The lowest BCUT2D eigenvalue weighted by Gasteiger charge is -2.15. The highest BCUT2D eigenvalue weighted by atomic mass is 19.2. The normalized spacial score (nSPS) is 10.7. The molecule has 2 heterocycles. The third-order valence-corrected chi connectivity index (χ3v) is 5.67. The molecular formula is C30H49F2N6O+. The van der Waals surface area contributed by atoms with Crippen LogP contribution in [0.4, 0.5) is 8.78 Å². The van der Waals surface area contributed by atoms with Crippen LogP contribution in [0.15, 0.2) is 53.9 Å². The molecule has 0 unspecified atom stereocenters. The molecule has 218 valence electrons. The number of nitrogens with one attached hydrogen (secondary N) is 1. The number of nitrogens with two attached hydrogens (primary N) is 1. The smallest absolute Gasteiger partial charge is 0.286 e. The van der Waals surface area contributed by atoms with Crippen molar-refractivity contribution in [1.29, 1.82) is 0 Å². The SMILES string of the molecule is C.C=C(CCOc1c(-c2ccc3n(c2)c(CC)c[n+]3C)ccc(F)c1F)/C(CCN(C)N)=N\NC.CC.CC. The number of hydrazone groups is 1. The van der Waals surface area contributed by atoms with Gasteiger partial charge in [0.25, 0.3) is 5.65 Å². The van der Waals surface area contributed by atoms with Crippen molar-refractivity contribution >= 4 is 11.4 Å². The molecular weight excluding hydrogens is 498 g/mol. The number of rotatable bonds is 11. The van der Waals surface area contributed by atoms with Crippen LogP contribution in [0.25, 0.3) is 16.8 Å². The summed E-state index contributed by atoms with van der Waals surface area (Å²) in [5.74, 6) is 3.61. The van der Waals surface area contributed by atoms with E-state index < -0.39 is 11.6 Å². The van der Waals surface area contributed by atoms with Gasteiger partial charge in [0.05, 0.1) is 19.4 Å². The number of fused-ring (bicyclic) bond motifs is 1. The summed E-state index contributed by atoms with van der Waals surface area (Å²) in [5, 5.41) is 5.82. The van der Waals surface area contributed by atoms with Gasteiger partial charge in [-0.1, -0.05) is 48.6 Å². The average Bonchev–Trinajstić information content (AvgIpc) is 3.25. The van der Waals surface area contributed by atoms with Gasteiger partial charge >= 0.3 is 0 Å². The number of imidazole rings is 1. The van der Waals surface area contributed by atoms with E-state index in [1.54, 1.807) is 25.2 Å². The zero-order valence-corrected chi connectivity index (χ0v) is 24.2. The lowest BCUT2D eigenvalue weighted by molar-refractivity contribution is -0.644. The zero-order chi connectivity index (χ0) is 28.8. The highest BCUT2D eigenvalue weighted by Gasteiger charge is 2.20. The highest BCUT2D eigenvalue weighted by Crippen LogP contribution is 2.34. The first-order chi connectivity index (χ1) is 18.3. The summed E-state index contributed by atoms with van der Waals surface area (Å²) in [6.07, 6.45) is 5.82. The van der Waals surface area contributed by atoms with E-state index >= 15 is 0 Å². The molecule has 3 N–H and O–H groups in total. The van der Waals surface area contributed by atoms with Crippen molar-refractivity contribution in [1.82, 2.24) is 14.8 Å². The van der Waals surface area contributed by atoms with Crippen LogP contribution in [0.3, 0.4) is 0 Å². The summed E-state index contributed by atoms with van der Waals surface area (Å²) in [7, 11) is 5.45. The first-order valence-electron chi connectivity index (χ1n) is 13.2. The van der Waals surface area contributed by atoms with Crippen LogP contribution < -0.4 is 20.6 Å². The number of nitrogens with zero attached hydrogens (tertiary/aromatic N) is 4. The van der Waals surface area contributed by atoms with Gasteiger partial charge in [0.2, 0.25) is 5.82 Å².